The van der Waals surface area contributed by atoms with Crippen molar-refractivity contribution in [1.29, 1.82) is 0 Å². The van der Waals surface area contributed by atoms with Gasteiger partial charge in [0.1, 0.15) is 17.4 Å². The van der Waals surface area contributed by atoms with Gasteiger partial charge in [-0.2, -0.15) is 0 Å². The number of likely N-dealkylation sites (N-methyl/N-ethyl adjacent to an activating group) is 1. The van der Waals surface area contributed by atoms with E-state index in [4.69, 9.17) is 5.73 Å². The molecule has 2 saturated carbocycles. The molecule has 2 unspecified atom stereocenters. The number of phenols is 1. The number of allylic oxidation sites excluding steroid dienone is 2. The quantitative estimate of drug-likeness (QED) is 0.285. The Balaban J connectivity index is 1.64. The maximum absolute atomic E-state index is 13.9. The van der Waals surface area contributed by atoms with E-state index in [0.29, 0.717) is 11.1 Å². The molecule has 6 atom stereocenters. The van der Waals surface area contributed by atoms with E-state index in [-0.39, 0.29) is 29.7 Å². The van der Waals surface area contributed by atoms with Crippen molar-refractivity contribution in [2.75, 3.05) is 14.1 Å². The molecule has 0 radical (unpaired) electrons. The second-order valence-electron chi connectivity index (χ2n) is 11.0. The topological polar surface area (TPSA) is 161 Å². The minimum atomic E-state index is -2.66. The average Bonchev–Trinajstić information content (AvgIpc) is 2.86. The number of Topliss-reactive ketones (excluding diaryl/α,β-unsaturated/α-hetero) is 2. The van der Waals surface area contributed by atoms with Crippen LogP contribution in [0.15, 0.2) is 29.4 Å². The predicted molar refractivity (Wildman–Crippen MR) is 138 cm³/mol. The maximum atomic E-state index is 13.9. The van der Waals surface area contributed by atoms with Gasteiger partial charge < -0.3 is 31.1 Å². The van der Waals surface area contributed by atoms with Crippen molar-refractivity contribution in [1.82, 2.24) is 4.90 Å². The molecule has 0 bridgehead atoms. The van der Waals surface area contributed by atoms with Crippen molar-refractivity contribution in [2.24, 2.45) is 23.5 Å². The molecule has 4 aliphatic carbocycles. The van der Waals surface area contributed by atoms with Crippen LogP contribution < -0.4 is 5.73 Å². The molecular weight excluding hydrogens is 488 g/mol. The number of nitrogens with two attached hydrogens (primary N) is 1. The van der Waals surface area contributed by atoms with E-state index < -0.39 is 58.7 Å². The van der Waals surface area contributed by atoms with E-state index in [0.717, 1.165) is 31.3 Å². The summed E-state index contributed by atoms with van der Waals surface area (Å²) in [5, 5.41) is 44.6. The number of fused-ring (bicyclic) bond motifs is 3. The lowest BCUT2D eigenvalue weighted by atomic mass is 9.54. The SMILES string of the molecule is CN(C)[C@H]1C(O)C(C(N)=O)C(=O)[C@]2(O)C(=O)C3=C(O)c4c(O)ccc(C#CC5=CCCCC5)c4C[C@@H]3C[C@H]12. The minimum absolute atomic E-state index is 0.0509. The third-order valence-electron chi connectivity index (χ3n) is 8.62. The highest BCUT2D eigenvalue weighted by Gasteiger charge is 2.67. The smallest absolute Gasteiger partial charge is 0.230 e. The number of aliphatic hydroxyl groups is 3. The van der Waals surface area contributed by atoms with E-state index >= 15 is 0 Å². The molecule has 0 saturated heterocycles. The number of carbonyl (C=O) groups is 3. The second-order valence-corrected chi connectivity index (χ2v) is 11.0. The number of carbonyl (C=O) groups excluding carboxylic acids is 3. The first-order valence-corrected chi connectivity index (χ1v) is 12.9. The molecule has 2 fully saturated rings. The first-order chi connectivity index (χ1) is 18.0. The van der Waals surface area contributed by atoms with Crippen LogP contribution in [0.1, 0.15) is 48.8 Å². The number of phenolic OH excluding ortho intramolecular Hbond substituents is 1. The van der Waals surface area contributed by atoms with Gasteiger partial charge in [0.15, 0.2) is 11.4 Å². The van der Waals surface area contributed by atoms with Crippen molar-refractivity contribution in [3.05, 3.63) is 46.0 Å². The zero-order valence-corrected chi connectivity index (χ0v) is 21.4. The van der Waals surface area contributed by atoms with Crippen LogP contribution in [0.5, 0.6) is 5.75 Å². The zero-order valence-electron chi connectivity index (χ0n) is 21.4. The van der Waals surface area contributed by atoms with Crippen LogP contribution in [0.25, 0.3) is 5.76 Å². The molecule has 0 aliphatic heterocycles. The van der Waals surface area contributed by atoms with E-state index in [1.54, 1.807) is 25.1 Å². The Bertz CT molecular complexity index is 1360. The first kappa shape index (κ1) is 26.2. The molecule has 0 aromatic heterocycles. The number of amides is 1. The highest BCUT2D eigenvalue weighted by Crippen LogP contribution is 2.52. The first-order valence-electron chi connectivity index (χ1n) is 12.9. The minimum Gasteiger partial charge on any atom is -0.507 e. The third-order valence-corrected chi connectivity index (χ3v) is 8.62. The molecule has 9 nitrogen and oxygen atoms in total. The molecule has 1 amide bonds. The summed E-state index contributed by atoms with van der Waals surface area (Å²) in [5.74, 6) is -1.17. The van der Waals surface area contributed by atoms with Gasteiger partial charge >= 0.3 is 0 Å². The van der Waals surface area contributed by atoms with Gasteiger partial charge in [-0.3, -0.25) is 14.4 Å². The molecule has 0 spiro atoms. The van der Waals surface area contributed by atoms with Crippen LogP contribution in [0.2, 0.25) is 0 Å². The standard InChI is InChI=1S/C29H32N2O7/c1-31(2)23-18-13-16-12-17-15(9-8-14-6-4-3-5-7-14)10-11-19(32)21(17)24(33)20(16)26(35)29(18,38)27(36)22(25(23)34)28(30)37/h6,10-11,16,18,22-23,25,32-34,38H,3-5,7,12-13H2,1-2H3,(H2,30,37)/t16-,18-,22?,23-,25?,29-/m1/s1. The van der Waals surface area contributed by atoms with Crippen LogP contribution in [0.4, 0.5) is 0 Å². The maximum Gasteiger partial charge on any atom is 0.230 e. The fourth-order valence-corrected chi connectivity index (χ4v) is 6.82. The number of hydrogen-bond donors (Lipinski definition) is 5. The second kappa shape index (κ2) is 9.38. The molecule has 1 aromatic rings. The van der Waals surface area contributed by atoms with Gasteiger partial charge in [-0.15, -0.1) is 0 Å². The lowest BCUT2D eigenvalue weighted by Gasteiger charge is -2.53. The Labute approximate surface area is 220 Å². The summed E-state index contributed by atoms with van der Waals surface area (Å²) in [5.41, 5.74) is 4.86. The van der Waals surface area contributed by atoms with Gasteiger partial charge in [-0.05, 0) is 81.8 Å². The third kappa shape index (κ3) is 3.78. The van der Waals surface area contributed by atoms with Gasteiger partial charge in [0, 0.05) is 23.1 Å². The van der Waals surface area contributed by atoms with Gasteiger partial charge in [-0.25, -0.2) is 0 Å². The molecule has 4 aliphatic rings. The summed E-state index contributed by atoms with van der Waals surface area (Å²) in [6, 6.07) is 2.15. The molecular formula is C29H32N2O7. The molecule has 0 heterocycles. The Kier molecular flexibility index (Phi) is 6.46. The van der Waals surface area contributed by atoms with Gasteiger partial charge in [0.05, 0.1) is 11.7 Å². The van der Waals surface area contributed by atoms with Crippen molar-refractivity contribution in [2.45, 2.75) is 56.3 Å². The Morgan fingerprint density at radius 2 is 1.89 bits per heavy atom. The van der Waals surface area contributed by atoms with Gasteiger partial charge in [-0.1, -0.05) is 17.9 Å². The van der Waals surface area contributed by atoms with Crippen molar-refractivity contribution < 1.29 is 34.8 Å². The monoisotopic (exact) mass is 520 g/mol. The summed E-state index contributed by atoms with van der Waals surface area (Å²) < 4.78 is 0. The predicted octanol–water partition coefficient (Wildman–Crippen LogP) is 0.981. The highest BCUT2D eigenvalue weighted by molar-refractivity contribution is 6.25. The van der Waals surface area contributed by atoms with E-state index in [1.165, 1.54) is 6.07 Å². The van der Waals surface area contributed by atoms with Crippen molar-refractivity contribution in [3.8, 4) is 17.6 Å². The molecule has 38 heavy (non-hydrogen) atoms. The Morgan fingerprint density at radius 1 is 1.16 bits per heavy atom. The van der Waals surface area contributed by atoms with E-state index in [9.17, 15) is 34.8 Å². The Hall–Kier alpha value is -3.45. The molecule has 5 rings (SSSR count). The molecule has 6 N–H and O–H groups in total. The van der Waals surface area contributed by atoms with Crippen LogP contribution in [0, 0.1) is 29.6 Å². The summed E-state index contributed by atoms with van der Waals surface area (Å²) in [6.07, 6.45) is 4.99. The molecule has 1 aromatic carbocycles. The van der Waals surface area contributed by atoms with Crippen LogP contribution in [-0.2, 0) is 20.8 Å². The van der Waals surface area contributed by atoms with Crippen LogP contribution >= 0.6 is 0 Å². The lowest BCUT2D eigenvalue weighted by molar-refractivity contribution is -0.184. The Morgan fingerprint density at radius 3 is 2.53 bits per heavy atom. The highest BCUT2D eigenvalue weighted by atomic mass is 16.3. The number of aromatic hydroxyl groups is 1. The van der Waals surface area contributed by atoms with Crippen molar-refractivity contribution >= 4 is 23.2 Å². The number of benzene rings is 1. The number of nitrogens with zero attached hydrogens (tertiary/aromatic N) is 1. The van der Waals surface area contributed by atoms with Gasteiger partial charge in [0.2, 0.25) is 11.7 Å². The number of primary amides is 1. The van der Waals surface area contributed by atoms with Crippen LogP contribution in [0.3, 0.4) is 0 Å². The normalized spacial score (nSPS) is 32.6. The molecule has 200 valence electrons. The van der Waals surface area contributed by atoms with E-state index in [2.05, 4.69) is 17.9 Å². The number of aliphatic hydroxyl groups excluding tert-OH is 2. The number of rotatable bonds is 2. The van der Waals surface area contributed by atoms with Gasteiger partial charge in [0.25, 0.3) is 0 Å². The van der Waals surface area contributed by atoms with Crippen LogP contribution in [-0.4, -0.2) is 74.6 Å². The average molecular weight is 521 g/mol. The zero-order chi connectivity index (χ0) is 27.5. The van der Waals surface area contributed by atoms with E-state index in [1.807, 2.05) is 0 Å². The largest absolute Gasteiger partial charge is 0.507 e. The summed E-state index contributed by atoms with van der Waals surface area (Å²) in [6.45, 7) is 0. The number of hydrogen-bond acceptors (Lipinski definition) is 8. The van der Waals surface area contributed by atoms with Crippen molar-refractivity contribution in [3.63, 3.8) is 0 Å². The fraction of sp³-hybridized carbons (Fsp3) is 0.483. The summed E-state index contributed by atoms with van der Waals surface area (Å²) in [7, 11) is 3.24. The fourth-order valence-electron chi connectivity index (χ4n) is 6.82. The summed E-state index contributed by atoms with van der Waals surface area (Å²) >= 11 is 0. The number of ketones is 2. The summed E-state index contributed by atoms with van der Waals surface area (Å²) in [4.78, 5) is 40.9. The lowest BCUT2D eigenvalue weighted by Crippen LogP contribution is -2.73. The molecule has 9 heteroatoms.